The van der Waals surface area contributed by atoms with Crippen LogP contribution in [0.3, 0.4) is 0 Å². The van der Waals surface area contributed by atoms with E-state index < -0.39 is 0 Å². The Labute approximate surface area is 111 Å². The smallest absolute Gasteiger partial charge is 0.309 e. The molecule has 1 aliphatic carbocycles. The number of nitrogens with zero attached hydrogens (tertiary/aromatic N) is 2. The maximum Gasteiger partial charge on any atom is 0.309 e. The summed E-state index contributed by atoms with van der Waals surface area (Å²) in [5.74, 6) is 0.579. The van der Waals surface area contributed by atoms with Gasteiger partial charge in [-0.15, -0.1) is 0 Å². The Balaban J connectivity index is 1.62. The summed E-state index contributed by atoms with van der Waals surface area (Å²) in [6.45, 7) is 3.60. The van der Waals surface area contributed by atoms with Gasteiger partial charge in [0.1, 0.15) is 0 Å². The molecule has 2 fully saturated rings. The summed E-state index contributed by atoms with van der Waals surface area (Å²) in [6, 6.07) is 0. The van der Waals surface area contributed by atoms with Gasteiger partial charge >= 0.3 is 5.97 Å². The Morgan fingerprint density at radius 2 is 2.37 bits per heavy atom. The number of likely N-dealkylation sites (tertiary alicyclic amines) is 1. The first-order chi connectivity index (χ1) is 9.22. The molecule has 0 spiro atoms. The number of esters is 1. The first kappa shape index (κ1) is 12.2. The Morgan fingerprint density at radius 3 is 3.05 bits per heavy atom. The Hall–Kier alpha value is -1.85. The van der Waals surface area contributed by atoms with Crippen molar-refractivity contribution in [2.75, 3.05) is 19.7 Å². The highest BCUT2D eigenvalue weighted by Crippen LogP contribution is 2.52. The summed E-state index contributed by atoms with van der Waals surface area (Å²) in [5, 5.41) is 6.43. The topological polar surface area (TPSA) is 75.3 Å². The molecule has 1 saturated carbocycles. The van der Waals surface area contributed by atoms with Gasteiger partial charge in [0.05, 0.1) is 24.3 Å². The highest BCUT2D eigenvalue weighted by Gasteiger charge is 2.58. The molecule has 1 amide bonds. The lowest BCUT2D eigenvalue weighted by molar-refractivity contribution is -0.145. The van der Waals surface area contributed by atoms with Gasteiger partial charge in [-0.2, -0.15) is 5.10 Å². The molecule has 6 heteroatoms. The number of hydrogen-bond acceptors (Lipinski definition) is 4. The van der Waals surface area contributed by atoms with E-state index >= 15 is 0 Å². The molecule has 1 aromatic heterocycles. The molecule has 1 aromatic rings. The Kier molecular flexibility index (Phi) is 3.00. The maximum atomic E-state index is 12.2. The van der Waals surface area contributed by atoms with Crippen molar-refractivity contribution >= 4 is 11.9 Å². The second-order valence-electron chi connectivity index (χ2n) is 5.13. The number of carbonyl (C=O) groups is 2. The molecule has 3 atom stereocenters. The number of nitrogens with one attached hydrogen (secondary N) is 1. The fraction of sp³-hybridized carbons (Fsp3) is 0.615. The first-order valence-electron chi connectivity index (χ1n) is 6.67. The number of rotatable bonds is 3. The van der Waals surface area contributed by atoms with Crippen LogP contribution in [0.1, 0.15) is 23.7 Å². The minimum absolute atomic E-state index is 0.00194. The van der Waals surface area contributed by atoms with Crippen molar-refractivity contribution in [2.24, 2.45) is 17.8 Å². The van der Waals surface area contributed by atoms with Gasteiger partial charge in [0, 0.05) is 19.3 Å². The van der Waals surface area contributed by atoms with E-state index in [1.54, 1.807) is 6.20 Å². The summed E-state index contributed by atoms with van der Waals surface area (Å²) >= 11 is 0. The van der Waals surface area contributed by atoms with Crippen LogP contribution in [0.2, 0.25) is 0 Å². The zero-order chi connectivity index (χ0) is 13.4. The number of piperidine rings is 1. The zero-order valence-electron chi connectivity index (χ0n) is 10.8. The van der Waals surface area contributed by atoms with Crippen LogP contribution >= 0.6 is 0 Å². The molecule has 1 N–H and O–H groups in total. The maximum absolute atomic E-state index is 12.2. The van der Waals surface area contributed by atoms with Crippen molar-refractivity contribution in [1.29, 1.82) is 0 Å². The molecule has 0 bridgehead atoms. The fourth-order valence-corrected chi connectivity index (χ4v) is 3.06. The number of aromatic amines is 1. The number of carbonyl (C=O) groups excluding carboxylic acids is 2. The number of hydrogen-bond donors (Lipinski definition) is 1. The quantitative estimate of drug-likeness (QED) is 0.814. The summed E-state index contributed by atoms with van der Waals surface area (Å²) in [6.07, 6.45) is 4.02. The molecule has 0 radical (unpaired) electrons. The summed E-state index contributed by atoms with van der Waals surface area (Å²) in [7, 11) is 0. The zero-order valence-corrected chi connectivity index (χ0v) is 10.8. The highest BCUT2D eigenvalue weighted by atomic mass is 16.5. The molecular weight excluding hydrogens is 246 g/mol. The van der Waals surface area contributed by atoms with E-state index in [4.69, 9.17) is 4.74 Å². The first-order valence-corrected chi connectivity index (χ1v) is 6.67. The SMILES string of the molecule is CCOC(=O)[C@@H]1[C@@H]2CN(C(=O)c3cn[nH]c3)CC[C@@H]21. The van der Waals surface area contributed by atoms with Gasteiger partial charge in [0.15, 0.2) is 0 Å². The van der Waals surface area contributed by atoms with Crippen LogP contribution in [0.5, 0.6) is 0 Å². The summed E-state index contributed by atoms with van der Waals surface area (Å²) in [5.41, 5.74) is 0.576. The van der Waals surface area contributed by atoms with E-state index in [0.717, 1.165) is 6.42 Å². The lowest BCUT2D eigenvalue weighted by Gasteiger charge is -2.25. The minimum atomic E-state index is -0.102. The third-order valence-corrected chi connectivity index (χ3v) is 4.09. The molecule has 6 nitrogen and oxygen atoms in total. The highest BCUT2D eigenvalue weighted by molar-refractivity contribution is 5.94. The molecule has 0 aromatic carbocycles. The molecular formula is C13H17N3O3. The van der Waals surface area contributed by atoms with Crippen LogP contribution in [0, 0.1) is 17.8 Å². The Bertz CT molecular complexity index is 485. The van der Waals surface area contributed by atoms with Crippen molar-refractivity contribution in [3.05, 3.63) is 18.0 Å². The lowest BCUT2D eigenvalue weighted by atomic mass is 10.1. The third kappa shape index (κ3) is 2.11. The molecule has 3 rings (SSSR count). The van der Waals surface area contributed by atoms with Crippen LogP contribution in [0.25, 0.3) is 0 Å². The number of amides is 1. The second kappa shape index (κ2) is 4.68. The molecule has 0 unspecified atom stereocenters. The van der Waals surface area contributed by atoms with Gasteiger partial charge in [-0.3, -0.25) is 14.7 Å². The number of aromatic nitrogens is 2. The second-order valence-corrected chi connectivity index (χ2v) is 5.13. The van der Waals surface area contributed by atoms with E-state index in [0.29, 0.717) is 31.2 Å². The number of ether oxygens (including phenoxy) is 1. The monoisotopic (exact) mass is 263 g/mol. The molecule has 2 aliphatic rings. The van der Waals surface area contributed by atoms with Gasteiger partial charge in [-0.25, -0.2) is 0 Å². The largest absolute Gasteiger partial charge is 0.466 e. The third-order valence-electron chi connectivity index (χ3n) is 4.09. The molecule has 102 valence electrons. The molecule has 1 saturated heterocycles. The van der Waals surface area contributed by atoms with Crippen LogP contribution in [0.4, 0.5) is 0 Å². The van der Waals surface area contributed by atoms with Crippen LogP contribution in [-0.4, -0.2) is 46.7 Å². The Morgan fingerprint density at radius 1 is 1.53 bits per heavy atom. The van der Waals surface area contributed by atoms with Crippen molar-refractivity contribution in [3.63, 3.8) is 0 Å². The normalized spacial score (nSPS) is 28.7. The van der Waals surface area contributed by atoms with Crippen molar-refractivity contribution < 1.29 is 14.3 Å². The van der Waals surface area contributed by atoms with Crippen molar-refractivity contribution in [3.8, 4) is 0 Å². The number of H-pyrrole nitrogens is 1. The standard InChI is InChI=1S/C13H17N3O3/c1-2-19-13(18)11-9-3-4-16(7-10(9)11)12(17)8-5-14-15-6-8/h5-6,9-11H,2-4,7H2,1H3,(H,14,15)/t9-,10+,11-/m0/s1. The summed E-state index contributed by atoms with van der Waals surface area (Å²) < 4.78 is 5.07. The van der Waals surface area contributed by atoms with Crippen LogP contribution in [0.15, 0.2) is 12.4 Å². The van der Waals surface area contributed by atoms with Crippen LogP contribution < -0.4 is 0 Å². The van der Waals surface area contributed by atoms with E-state index in [9.17, 15) is 9.59 Å². The lowest BCUT2D eigenvalue weighted by Crippen LogP contribution is -2.36. The average molecular weight is 263 g/mol. The van der Waals surface area contributed by atoms with E-state index in [2.05, 4.69) is 10.2 Å². The van der Waals surface area contributed by atoms with Crippen LogP contribution in [-0.2, 0) is 9.53 Å². The van der Waals surface area contributed by atoms with Gasteiger partial charge in [0.2, 0.25) is 0 Å². The molecule has 2 heterocycles. The van der Waals surface area contributed by atoms with Crippen molar-refractivity contribution in [1.82, 2.24) is 15.1 Å². The van der Waals surface area contributed by atoms with Gasteiger partial charge < -0.3 is 9.64 Å². The minimum Gasteiger partial charge on any atom is -0.466 e. The average Bonchev–Trinajstić information content (AvgIpc) is 2.87. The predicted octanol–water partition coefficient (Wildman–Crippen LogP) is 0.681. The number of fused-ring (bicyclic) bond motifs is 1. The van der Waals surface area contributed by atoms with E-state index in [-0.39, 0.29) is 23.7 Å². The predicted molar refractivity (Wildman–Crippen MR) is 66.2 cm³/mol. The van der Waals surface area contributed by atoms with Gasteiger partial charge in [-0.1, -0.05) is 0 Å². The molecule has 19 heavy (non-hydrogen) atoms. The van der Waals surface area contributed by atoms with E-state index in [1.807, 2.05) is 11.8 Å². The van der Waals surface area contributed by atoms with E-state index in [1.165, 1.54) is 6.20 Å². The fourth-order valence-electron chi connectivity index (χ4n) is 3.06. The van der Waals surface area contributed by atoms with Gasteiger partial charge in [0.25, 0.3) is 5.91 Å². The van der Waals surface area contributed by atoms with Gasteiger partial charge in [-0.05, 0) is 25.2 Å². The molecule has 1 aliphatic heterocycles. The summed E-state index contributed by atoms with van der Waals surface area (Å²) in [4.78, 5) is 25.7. The van der Waals surface area contributed by atoms with Crippen molar-refractivity contribution in [2.45, 2.75) is 13.3 Å².